The lowest BCUT2D eigenvalue weighted by Gasteiger charge is -2.29. The minimum atomic E-state index is -2.91. The van der Waals surface area contributed by atoms with Crippen LogP contribution in [-0.4, -0.2) is 30.5 Å². The molecule has 0 bridgehead atoms. The van der Waals surface area contributed by atoms with Gasteiger partial charge in [-0.15, -0.1) is 12.8 Å². The summed E-state index contributed by atoms with van der Waals surface area (Å²) in [5.74, 6) is -2.68. The van der Waals surface area contributed by atoms with Crippen molar-refractivity contribution in [2.45, 2.75) is 64.5 Å². The predicted molar refractivity (Wildman–Crippen MR) is 107 cm³/mol. The molecule has 3 aromatic rings. The predicted octanol–water partition coefficient (Wildman–Crippen LogP) is 4.89. The van der Waals surface area contributed by atoms with Crippen molar-refractivity contribution in [1.82, 2.24) is 19.5 Å². The number of unbranched alkanes of at least 4 members (excludes halogenated alkanes) is 2. The summed E-state index contributed by atoms with van der Waals surface area (Å²) in [7, 11) is 0. The molecule has 0 spiro atoms. The van der Waals surface area contributed by atoms with Gasteiger partial charge < -0.3 is 9.67 Å². The van der Waals surface area contributed by atoms with Crippen molar-refractivity contribution in [2.75, 3.05) is 0 Å². The molecule has 0 aliphatic carbocycles. The molecule has 28 heavy (non-hydrogen) atoms. The zero-order chi connectivity index (χ0) is 20.7. The molecule has 7 heteroatoms. The topological polar surface area (TPSA) is 63.8 Å². The van der Waals surface area contributed by atoms with Crippen LogP contribution >= 0.6 is 0 Å². The van der Waals surface area contributed by atoms with Crippen molar-refractivity contribution in [3.63, 3.8) is 0 Å². The second-order valence-corrected chi connectivity index (χ2v) is 6.55. The Morgan fingerprint density at radius 1 is 1.18 bits per heavy atom. The molecule has 0 fully saturated rings. The lowest BCUT2D eigenvalue weighted by molar-refractivity contribution is -0.0582. The minimum absolute atomic E-state index is 0.231. The molecule has 5 nitrogen and oxygen atoms in total. The van der Waals surface area contributed by atoms with Crippen LogP contribution in [0.2, 0.25) is 0 Å². The highest BCUT2D eigenvalue weighted by molar-refractivity contribution is 5.99. The van der Waals surface area contributed by atoms with E-state index < -0.39 is 18.6 Å². The Balaban J connectivity index is 0.00000136. The standard InChI is InChI=1S/C19H24F2N4O.C2H2/c1-3-5-6-9-15(19(20,21)4-2)25-16(12-26)24-14-11-23-13-8-7-10-22-17(13)18(14)25;1-2/h7-8,10-11,15,26H,3-6,9,12H2,1-2H3;1-2H. The number of imidazole rings is 1. The Bertz CT molecular complexity index is 936. The number of fused-ring (bicyclic) bond motifs is 3. The Morgan fingerprint density at radius 3 is 2.57 bits per heavy atom. The monoisotopic (exact) mass is 388 g/mol. The van der Waals surface area contributed by atoms with E-state index in [1.165, 1.54) is 11.5 Å². The van der Waals surface area contributed by atoms with E-state index in [4.69, 9.17) is 0 Å². The first-order chi connectivity index (χ1) is 13.5. The number of aliphatic hydroxyl groups excluding tert-OH is 1. The highest BCUT2D eigenvalue weighted by Gasteiger charge is 2.40. The zero-order valence-electron chi connectivity index (χ0n) is 16.3. The fourth-order valence-electron chi connectivity index (χ4n) is 3.44. The molecule has 0 saturated carbocycles. The molecular weight excluding hydrogens is 362 g/mol. The molecule has 0 aliphatic heterocycles. The van der Waals surface area contributed by atoms with E-state index in [9.17, 15) is 13.9 Å². The van der Waals surface area contributed by atoms with E-state index in [2.05, 4.69) is 27.8 Å². The number of nitrogens with zero attached hydrogens (tertiary/aromatic N) is 4. The molecule has 0 radical (unpaired) electrons. The third kappa shape index (κ3) is 4.12. The van der Waals surface area contributed by atoms with Crippen molar-refractivity contribution in [3.8, 4) is 12.8 Å². The van der Waals surface area contributed by atoms with Gasteiger partial charge in [0.05, 0.1) is 23.3 Å². The molecule has 3 aromatic heterocycles. The number of pyridine rings is 2. The van der Waals surface area contributed by atoms with Gasteiger partial charge in [-0.2, -0.15) is 0 Å². The number of halogens is 2. The van der Waals surface area contributed by atoms with Crippen LogP contribution in [0.1, 0.15) is 57.8 Å². The van der Waals surface area contributed by atoms with Crippen LogP contribution in [0.25, 0.3) is 22.1 Å². The fraction of sp³-hybridized carbons (Fsp3) is 0.476. The molecule has 0 aromatic carbocycles. The number of rotatable bonds is 8. The van der Waals surface area contributed by atoms with Crippen molar-refractivity contribution in [1.29, 1.82) is 0 Å². The molecule has 1 N–H and O–H groups in total. The average molecular weight is 388 g/mol. The third-order valence-corrected chi connectivity index (χ3v) is 4.84. The van der Waals surface area contributed by atoms with Crippen molar-refractivity contribution < 1.29 is 13.9 Å². The second-order valence-electron chi connectivity index (χ2n) is 6.55. The first-order valence-electron chi connectivity index (χ1n) is 9.46. The van der Waals surface area contributed by atoms with Gasteiger partial charge >= 0.3 is 0 Å². The summed E-state index contributed by atoms with van der Waals surface area (Å²) >= 11 is 0. The molecule has 1 atom stereocenters. The Kier molecular flexibility index (Phi) is 7.41. The molecule has 3 heterocycles. The van der Waals surface area contributed by atoms with Crippen molar-refractivity contribution >= 4 is 22.1 Å². The van der Waals surface area contributed by atoms with Crippen LogP contribution in [0.4, 0.5) is 8.78 Å². The lowest BCUT2D eigenvalue weighted by Crippen LogP contribution is -2.31. The Hall–Kier alpha value is -2.59. The largest absolute Gasteiger partial charge is 0.388 e. The van der Waals surface area contributed by atoms with Gasteiger partial charge in [-0.3, -0.25) is 9.97 Å². The summed E-state index contributed by atoms with van der Waals surface area (Å²) in [5.41, 5.74) is 2.16. The van der Waals surface area contributed by atoms with Gasteiger partial charge in [-0.25, -0.2) is 13.8 Å². The van der Waals surface area contributed by atoms with Crippen LogP contribution in [0.5, 0.6) is 0 Å². The number of alkyl halides is 2. The Labute approximate surface area is 163 Å². The number of aliphatic hydroxyl groups is 1. The van der Waals surface area contributed by atoms with Crippen molar-refractivity contribution in [3.05, 3.63) is 30.4 Å². The maximum absolute atomic E-state index is 14.9. The molecule has 150 valence electrons. The quantitative estimate of drug-likeness (QED) is 0.441. The van der Waals surface area contributed by atoms with E-state index in [0.29, 0.717) is 34.9 Å². The SMILES string of the molecule is C#C.CCCCCC(n1c(CO)nc2cnc3cccnc3c21)C(F)(F)CC. The first kappa shape index (κ1) is 21.7. The normalized spacial score (nSPS) is 12.7. The van der Waals surface area contributed by atoms with E-state index >= 15 is 0 Å². The highest BCUT2D eigenvalue weighted by atomic mass is 19.3. The summed E-state index contributed by atoms with van der Waals surface area (Å²) in [5, 5.41) is 9.78. The average Bonchev–Trinajstić information content (AvgIpc) is 3.11. The smallest absolute Gasteiger partial charge is 0.268 e. The minimum Gasteiger partial charge on any atom is -0.388 e. The van der Waals surface area contributed by atoms with E-state index in [1.54, 1.807) is 24.5 Å². The van der Waals surface area contributed by atoms with Crippen LogP contribution in [0.15, 0.2) is 24.5 Å². The molecular formula is C21H26F2N4O. The molecule has 0 saturated heterocycles. The summed E-state index contributed by atoms with van der Waals surface area (Å²) in [6.45, 7) is 3.12. The van der Waals surface area contributed by atoms with Crippen LogP contribution in [0.3, 0.4) is 0 Å². The van der Waals surface area contributed by atoms with Gasteiger partial charge in [-0.05, 0) is 18.6 Å². The van der Waals surface area contributed by atoms with E-state index in [0.717, 1.165) is 12.8 Å². The molecule has 0 aliphatic rings. The van der Waals surface area contributed by atoms with Crippen LogP contribution < -0.4 is 0 Å². The summed E-state index contributed by atoms with van der Waals surface area (Å²) in [6.07, 6.45) is 13.8. The van der Waals surface area contributed by atoms with Gasteiger partial charge in [0, 0.05) is 12.6 Å². The maximum atomic E-state index is 14.9. The van der Waals surface area contributed by atoms with Gasteiger partial charge in [0.15, 0.2) is 0 Å². The number of hydrogen-bond acceptors (Lipinski definition) is 4. The van der Waals surface area contributed by atoms with Gasteiger partial charge in [0.1, 0.15) is 23.5 Å². The molecule has 1 unspecified atom stereocenters. The number of terminal acetylenes is 1. The Morgan fingerprint density at radius 2 is 1.93 bits per heavy atom. The first-order valence-corrected chi connectivity index (χ1v) is 9.46. The number of hydrogen-bond donors (Lipinski definition) is 1. The zero-order valence-corrected chi connectivity index (χ0v) is 16.3. The summed E-state index contributed by atoms with van der Waals surface area (Å²) in [6, 6.07) is 2.48. The van der Waals surface area contributed by atoms with Gasteiger partial charge in [-0.1, -0.05) is 33.1 Å². The fourth-order valence-corrected chi connectivity index (χ4v) is 3.44. The van der Waals surface area contributed by atoms with E-state index in [-0.39, 0.29) is 12.2 Å². The molecule has 0 amide bonds. The van der Waals surface area contributed by atoms with Crippen molar-refractivity contribution in [2.24, 2.45) is 0 Å². The molecule has 3 rings (SSSR count). The van der Waals surface area contributed by atoms with E-state index in [1.807, 2.05) is 6.92 Å². The second kappa shape index (κ2) is 9.56. The van der Waals surface area contributed by atoms with Gasteiger partial charge in [0.2, 0.25) is 0 Å². The lowest BCUT2D eigenvalue weighted by atomic mass is 9.99. The summed E-state index contributed by atoms with van der Waals surface area (Å²) in [4.78, 5) is 13.0. The van der Waals surface area contributed by atoms with Gasteiger partial charge in [0.25, 0.3) is 5.92 Å². The van der Waals surface area contributed by atoms with Crippen LogP contribution in [-0.2, 0) is 6.61 Å². The maximum Gasteiger partial charge on any atom is 0.268 e. The van der Waals surface area contributed by atoms with Crippen LogP contribution in [0, 0.1) is 12.8 Å². The highest BCUT2D eigenvalue weighted by Crippen LogP contribution is 2.40. The number of aromatic nitrogens is 4. The third-order valence-electron chi connectivity index (χ3n) is 4.84. The summed E-state index contributed by atoms with van der Waals surface area (Å²) < 4.78 is 31.3.